The largest absolute Gasteiger partial charge is 0.328 e. The summed E-state index contributed by atoms with van der Waals surface area (Å²) in [6.07, 6.45) is 13.3. The Morgan fingerprint density at radius 2 is 2.04 bits per heavy atom. The lowest BCUT2D eigenvalue weighted by atomic mass is 9.99. The van der Waals surface area contributed by atoms with Crippen molar-refractivity contribution in [1.82, 2.24) is 24.5 Å². The minimum Gasteiger partial charge on any atom is -0.328 e. The molecule has 0 bridgehead atoms. The molecule has 4 rings (SSSR count). The maximum absolute atomic E-state index is 4.78. The molecule has 3 aromatic heterocycles. The van der Waals surface area contributed by atoms with E-state index in [1.165, 1.54) is 18.4 Å². The summed E-state index contributed by atoms with van der Waals surface area (Å²) in [5.74, 6) is 0.880. The lowest BCUT2D eigenvalue weighted by Gasteiger charge is -2.12. The molecule has 3 heterocycles. The summed E-state index contributed by atoms with van der Waals surface area (Å²) >= 11 is 0. The fraction of sp³-hybridized carbons (Fsp3) is 0.400. The van der Waals surface area contributed by atoms with Crippen LogP contribution in [0.1, 0.15) is 62.8 Å². The molecule has 5 heteroatoms. The fourth-order valence-corrected chi connectivity index (χ4v) is 3.36. The standard InChI is InChI=1S/C20H23N5/c1-14(2)25-13-23-18-12-22-17(11-19(18)25)10-16-8-9-21-20(24-16)15-6-4-3-5-7-15/h6,8-9,11-14H,3-5,7,10H2,1-2H3. The van der Waals surface area contributed by atoms with Gasteiger partial charge in [0, 0.05) is 24.4 Å². The number of fused-ring (bicyclic) bond motifs is 1. The second-order valence-corrected chi connectivity index (χ2v) is 6.93. The van der Waals surface area contributed by atoms with Crippen LogP contribution >= 0.6 is 0 Å². The first-order valence-electron chi connectivity index (χ1n) is 9.03. The van der Waals surface area contributed by atoms with Gasteiger partial charge in [0.25, 0.3) is 0 Å². The van der Waals surface area contributed by atoms with Gasteiger partial charge in [-0.25, -0.2) is 15.0 Å². The molecule has 0 atom stereocenters. The summed E-state index contributed by atoms with van der Waals surface area (Å²) in [6, 6.07) is 4.49. The molecule has 0 saturated carbocycles. The Labute approximate surface area is 147 Å². The zero-order chi connectivity index (χ0) is 17.2. The molecule has 0 saturated heterocycles. The monoisotopic (exact) mass is 333 g/mol. The van der Waals surface area contributed by atoms with Crippen molar-refractivity contribution in [3.05, 3.63) is 54.1 Å². The van der Waals surface area contributed by atoms with Crippen LogP contribution in [0.2, 0.25) is 0 Å². The first kappa shape index (κ1) is 15.9. The molecule has 0 amide bonds. The summed E-state index contributed by atoms with van der Waals surface area (Å²) < 4.78 is 2.18. The number of allylic oxidation sites excluding steroid dienone is 2. The third-order valence-electron chi connectivity index (χ3n) is 4.73. The number of hydrogen-bond donors (Lipinski definition) is 0. The molecular formula is C20H23N5. The Morgan fingerprint density at radius 1 is 1.12 bits per heavy atom. The van der Waals surface area contributed by atoms with E-state index in [1.54, 1.807) is 0 Å². The highest BCUT2D eigenvalue weighted by Crippen LogP contribution is 2.24. The Balaban J connectivity index is 1.62. The SMILES string of the molecule is CC(C)n1cnc2cnc(Cc3ccnc(C4=CCCCC4)n3)cc21. The van der Waals surface area contributed by atoms with Crippen molar-refractivity contribution in [3.63, 3.8) is 0 Å². The number of aromatic nitrogens is 5. The van der Waals surface area contributed by atoms with Gasteiger partial charge in [-0.3, -0.25) is 4.98 Å². The predicted octanol–water partition coefficient (Wildman–Crippen LogP) is 4.35. The summed E-state index contributed by atoms with van der Waals surface area (Å²) in [5, 5.41) is 0. The number of pyridine rings is 1. The van der Waals surface area contributed by atoms with Crippen LogP contribution in [0, 0.1) is 0 Å². The lowest BCUT2D eigenvalue weighted by Crippen LogP contribution is -2.03. The van der Waals surface area contributed by atoms with Crippen LogP contribution in [0.15, 0.2) is 36.9 Å². The Morgan fingerprint density at radius 3 is 2.84 bits per heavy atom. The molecule has 0 radical (unpaired) electrons. The summed E-state index contributed by atoms with van der Waals surface area (Å²) in [5.41, 5.74) is 5.38. The van der Waals surface area contributed by atoms with E-state index < -0.39 is 0 Å². The van der Waals surface area contributed by atoms with E-state index >= 15 is 0 Å². The maximum atomic E-state index is 4.78. The predicted molar refractivity (Wildman–Crippen MR) is 99.2 cm³/mol. The van der Waals surface area contributed by atoms with Crippen molar-refractivity contribution in [2.24, 2.45) is 0 Å². The van der Waals surface area contributed by atoms with E-state index in [1.807, 2.05) is 24.8 Å². The second-order valence-electron chi connectivity index (χ2n) is 6.93. The van der Waals surface area contributed by atoms with Crippen molar-refractivity contribution < 1.29 is 0 Å². The first-order valence-corrected chi connectivity index (χ1v) is 9.03. The molecule has 0 fully saturated rings. The fourth-order valence-electron chi connectivity index (χ4n) is 3.36. The topological polar surface area (TPSA) is 56.5 Å². The molecule has 128 valence electrons. The highest BCUT2D eigenvalue weighted by molar-refractivity contribution is 5.74. The van der Waals surface area contributed by atoms with Crippen LogP contribution in [0.4, 0.5) is 0 Å². The quantitative estimate of drug-likeness (QED) is 0.712. The Bertz CT molecular complexity index is 923. The third-order valence-corrected chi connectivity index (χ3v) is 4.73. The molecular weight excluding hydrogens is 310 g/mol. The zero-order valence-electron chi connectivity index (χ0n) is 14.8. The van der Waals surface area contributed by atoms with Crippen LogP contribution in [0.3, 0.4) is 0 Å². The Kier molecular flexibility index (Phi) is 4.30. The molecule has 0 N–H and O–H groups in total. The highest BCUT2D eigenvalue weighted by atomic mass is 15.1. The van der Waals surface area contributed by atoms with Gasteiger partial charge in [0.15, 0.2) is 5.82 Å². The maximum Gasteiger partial charge on any atom is 0.154 e. The summed E-state index contributed by atoms with van der Waals surface area (Å²) in [7, 11) is 0. The van der Waals surface area contributed by atoms with Gasteiger partial charge in [-0.1, -0.05) is 6.08 Å². The Hall–Kier alpha value is -2.56. The normalized spacial score (nSPS) is 14.9. The molecule has 1 aliphatic carbocycles. The van der Waals surface area contributed by atoms with E-state index in [0.29, 0.717) is 12.5 Å². The van der Waals surface area contributed by atoms with E-state index in [2.05, 4.69) is 45.5 Å². The summed E-state index contributed by atoms with van der Waals surface area (Å²) in [4.78, 5) is 18.2. The van der Waals surface area contributed by atoms with Gasteiger partial charge in [0.05, 0.1) is 23.7 Å². The number of nitrogens with zero attached hydrogens (tertiary/aromatic N) is 5. The van der Waals surface area contributed by atoms with Gasteiger partial charge in [-0.05, 0) is 57.2 Å². The van der Waals surface area contributed by atoms with E-state index in [9.17, 15) is 0 Å². The molecule has 25 heavy (non-hydrogen) atoms. The zero-order valence-corrected chi connectivity index (χ0v) is 14.8. The van der Waals surface area contributed by atoms with Crippen LogP contribution in [-0.2, 0) is 6.42 Å². The summed E-state index contributed by atoms with van der Waals surface area (Å²) in [6.45, 7) is 4.33. The molecule has 0 aliphatic heterocycles. The van der Waals surface area contributed by atoms with Crippen molar-refractivity contribution in [1.29, 1.82) is 0 Å². The number of rotatable bonds is 4. The van der Waals surface area contributed by atoms with Gasteiger partial charge in [0.2, 0.25) is 0 Å². The van der Waals surface area contributed by atoms with E-state index in [-0.39, 0.29) is 0 Å². The third kappa shape index (κ3) is 3.31. The molecule has 3 aromatic rings. The van der Waals surface area contributed by atoms with Gasteiger partial charge >= 0.3 is 0 Å². The van der Waals surface area contributed by atoms with Gasteiger partial charge in [-0.15, -0.1) is 0 Å². The van der Waals surface area contributed by atoms with E-state index in [4.69, 9.17) is 4.98 Å². The van der Waals surface area contributed by atoms with Gasteiger partial charge in [0.1, 0.15) is 5.52 Å². The second kappa shape index (κ2) is 6.75. The van der Waals surface area contributed by atoms with Crippen molar-refractivity contribution >= 4 is 16.6 Å². The van der Waals surface area contributed by atoms with E-state index in [0.717, 1.165) is 41.1 Å². The molecule has 0 spiro atoms. The van der Waals surface area contributed by atoms with Crippen LogP contribution in [-0.4, -0.2) is 24.5 Å². The molecule has 5 nitrogen and oxygen atoms in total. The average molecular weight is 333 g/mol. The van der Waals surface area contributed by atoms with Gasteiger partial charge in [-0.2, -0.15) is 0 Å². The first-order chi connectivity index (χ1) is 12.2. The highest BCUT2D eigenvalue weighted by Gasteiger charge is 2.11. The van der Waals surface area contributed by atoms with Gasteiger partial charge < -0.3 is 4.57 Å². The smallest absolute Gasteiger partial charge is 0.154 e. The van der Waals surface area contributed by atoms with Crippen LogP contribution < -0.4 is 0 Å². The number of imidazole rings is 1. The van der Waals surface area contributed by atoms with Crippen molar-refractivity contribution in [2.75, 3.05) is 0 Å². The molecule has 0 unspecified atom stereocenters. The minimum absolute atomic E-state index is 0.379. The van der Waals surface area contributed by atoms with Crippen LogP contribution in [0.5, 0.6) is 0 Å². The van der Waals surface area contributed by atoms with Crippen LogP contribution in [0.25, 0.3) is 16.6 Å². The molecule has 0 aromatic carbocycles. The average Bonchev–Trinajstić information content (AvgIpc) is 3.06. The number of hydrogen-bond acceptors (Lipinski definition) is 4. The minimum atomic E-state index is 0.379. The van der Waals surface area contributed by atoms with Crippen molar-refractivity contribution in [2.45, 2.75) is 52.0 Å². The lowest BCUT2D eigenvalue weighted by molar-refractivity contribution is 0.617. The molecule has 1 aliphatic rings. The van der Waals surface area contributed by atoms with Crippen molar-refractivity contribution in [3.8, 4) is 0 Å².